The van der Waals surface area contributed by atoms with Crippen molar-refractivity contribution in [3.63, 3.8) is 0 Å². The molecule has 1 rings (SSSR count). The quantitative estimate of drug-likeness (QED) is 0.515. The lowest BCUT2D eigenvalue weighted by molar-refractivity contribution is -0.137. The smallest absolute Gasteiger partial charge is 0.334 e. The number of hydrogen-bond acceptors (Lipinski definition) is 3. The monoisotopic (exact) mass is 260 g/mol. The molecule has 0 saturated heterocycles. The van der Waals surface area contributed by atoms with Crippen LogP contribution in [-0.2, 0) is 9.53 Å². The number of ether oxygens (including phenoxy) is 1. The third kappa shape index (κ3) is 3.76. The molecule has 0 aromatic heterocycles. The van der Waals surface area contributed by atoms with E-state index in [1.807, 2.05) is 0 Å². The Hall–Kier alpha value is -1.19. The Morgan fingerprint density at radius 1 is 1.38 bits per heavy atom. The number of aliphatic hydroxyl groups is 1. The Morgan fingerprint density at radius 3 is 2.44 bits per heavy atom. The molecule has 86 valence electrons. The van der Waals surface area contributed by atoms with Crippen molar-refractivity contribution in [2.24, 2.45) is 0 Å². The first-order valence-electron chi connectivity index (χ1n) is 4.57. The van der Waals surface area contributed by atoms with E-state index in [9.17, 15) is 9.90 Å². The van der Waals surface area contributed by atoms with Crippen LogP contribution in [0.2, 0.25) is 10.0 Å². The molecule has 5 heteroatoms. The van der Waals surface area contributed by atoms with E-state index in [0.29, 0.717) is 15.6 Å². The zero-order valence-electron chi connectivity index (χ0n) is 8.54. The molecule has 0 radical (unpaired) electrons. The van der Waals surface area contributed by atoms with Crippen molar-refractivity contribution >= 4 is 34.9 Å². The molecular weight excluding hydrogens is 251 g/mol. The van der Waals surface area contributed by atoms with Crippen molar-refractivity contribution in [2.75, 3.05) is 6.61 Å². The van der Waals surface area contributed by atoms with Crippen LogP contribution in [-0.4, -0.2) is 17.7 Å². The maximum Gasteiger partial charge on any atom is 0.334 e. The number of rotatable bonds is 3. The highest BCUT2D eigenvalue weighted by Gasteiger charge is 2.05. The van der Waals surface area contributed by atoms with Crippen molar-refractivity contribution in [2.45, 2.75) is 6.92 Å². The van der Waals surface area contributed by atoms with Crippen LogP contribution in [0, 0.1) is 0 Å². The third-order valence-electron chi connectivity index (χ3n) is 1.70. The molecule has 1 N–H and O–H groups in total. The highest BCUT2D eigenvalue weighted by molar-refractivity contribution is 6.34. The SMILES string of the molecule is CCOC(=O)/C=C(\O)c1cc(Cl)cc(Cl)c1. The first kappa shape index (κ1) is 12.9. The van der Waals surface area contributed by atoms with Crippen LogP contribution < -0.4 is 0 Å². The topological polar surface area (TPSA) is 46.5 Å². The Kier molecular flexibility index (Phi) is 4.65. The van der Waals surface area contributed by atoms with Crippen molar-refractivity contribution in [3.05, 3.63) is 39.9 Å². The molecule has 0 atom stereocenters. The van der Waals surface area contributed by atoms with Gasteiger partial charge in [0.25, 0.3) is 0 Å². The lowest BCUT2D eigenvalue weighted by atomic mass is 10.2. The van der Waals surface area contributed by atoms with Gasteiger partial charge in [0.1, 0.15) is 5.76 Å². The van der Waals surface area contributed by atoms with E-state index in [2.05, 4.69) is 4.74 Å². The first-order chi connectivity index (χ1) is 7.52. The molecule has 1 aromatic rings. The number of carbonyl (C=O) groups excluding carboxylic acids is 1. The van der Waals surface area contributed by atoms with Gasteiger partial charge in [-0.3, -0.25) is 0 Å². The molecule has 0 amide bonds. The number of aliphatic hydroxyl groups excluding tert-OH is 1. The first-order valence-corrected chi connectivity index (χ1v) is 5.32. The average molecular weight is 261 g/mol. The van der Waals surface area contributed by atoms with Crippen LogP contribution >= 0.6 is 23.2 Å². The predicted octanol–water partition coefficient (Wildman–Crippen LogP) is 3.46. The summed E-state index contributed by atoms with van der Waals surface area (Å²) < 4.78 is 4.65. The number of benzene rings is 1. The second-order valence-corrected chi connectivity index (χ2v) is 3.81. The highest BCUT2D eigenvalue weighted by atomic mass is 35.5. The van der Waals surface area contributed by atoms with Gasteiger partial charge in [-0.1, -0.05) is 23.2 Å². The molecule has 0 fully saturated rings. The zero-order valence-corrected chi connectivity index (χ0v) is 10.0. The third-order valence-corrected chi connectivity index (χ3v) is 2.14. The average Bonchev–Trinajstić information content (AvgIpc) is 2.16. The Bertz CT molecular complexity index is 407. The van der Waals surface area contributed by atoms with Crippen LogP contribution in [0.25, 0.3) is 5.76 Å². The second kappa shape index (κ2) is 5.77. The Labute approximate surface area is 103 Å². The van der Waals surface area contributed by atoms with Gasteiger partial charge < -0.3 is 9.84 Å². The fourth-order valence-corrected chi connectivity index (χ4v) is 1.61. The summed E-state index contributed by atoms with van der Waals surface area (Å²) in [6.07, 6.45) is 0.978. The van der Waals surface area contributed by atoms with Crippen LogP contribution in [0.1, 0.15) is 12.5 Å². The van der Waals surface area contributed by atoms with Gasteiger partial charge in [-0.05, 0) is 25.1 Å². The van der Waals surface area contributed by atoms with E-state index in [4.69, 9.17) is 23.2 Å². The number of carbonyl (C=O) groups is 1. The standard InChI is InChI=1S/C11H10Cl2O3/c1-2-16-11(15)6-10(14)7-3-8(12)5-9(13)4-7/h3-6,14H,2H2,1H3/b10-6-. The molecule has 1 aromatic carbocycles. The van der Waals surface area contributed by atoms with Gasteiger partial charge in [0, 0.05) is 15.6 Å². The summed E-state index contributed by atoms with van der Waals surface area (Å²) in [6.45, 7) is 1.93. The van der Waals surface area contributed by atoms with Gasteiger partial charge in [0.2, 0.25) is 0 Å². The summed E-state index contributed by atoms with van der Waals surface area (Å²) in [5.41, 5.74) is 0.366. The van der Waals surface area contributed by atoms with Crippen LogP contribution in [0.4, 0.5) is 0 Å². The van der Waals surface area contributed by atoms with Crippen LogP contribution in [0.15, 0.2) is 24.3 Å². The summed E-state index contributed by atoms with van der Waals surface area (Å²) in [6, 6.07) is 4.53. The summed E-state index contributed by atoms with van der Waals surface area (Å²) in [4.78, 5) is 11.1. The van der Waals surface area contributed by atoms with E-state index < -0.39 is 5.97 Å². The van der Waals surface area contributed by atoms with Crippen LogP contribution in [0.3, 0.4) is 0 Å². The molecule has 0 aliphatic carbocycles. The second-order valence-electron chi connectivity index (χ2n) is 2.94. The van der Waals surface area contributed by atoms with Gasteiger partial charge >= 0.3 is 5.97 Å². The number of hydrogen-bond donors (Lipinski definition) is 1. The largest absolute Gasteiger partial charge is 0.507 e. The maximum atomic E-state index is 11.1. The lowest BCUT2D eigenvalue weighted by Gasteiger charge is -2.02. The van der Waals surface area contributed by atoms with E-state index in [1.54, 1.807) is 6.92 Å². The molecule has 0 heterocycles. The van der Waals surface area contributed by atoms with Gasteiger partial charge in [-0.15, -0.1) is 0 Å². The van der Waals surface area contributed by atoms with E-state index in [-0.39, 0.29) is 12.4 Å². The fourth-order valence-electron chi connectivity index (χ4n) is 1.08. The summed E-state index contributed by atoms with van der Waals surface area (Å²) in [7, 11) is 0. The Balaban J connectivity index is 2.95. The van der Waals surface area contributed by atoms with Gasteiger partial charge in [-0.25, -0.2) is 4.79 Å². The van der Waals surface area contributed by atoms with Crippen molar-refractivity contribution < 1.29 is 14.6 Å². The molecule has 0 saturated carbocycles. The van der Waals surface area contributed by atoms with Gasteiger partial charge in [0.05, 0.1) is 12.7 Å². The van der Waals surface area contributed by atoms with E-state index in [0.717, 1.165) is 6.08 Å². The fraction of sp³-hybridized carbons (Fsp3) is 0.182. The molecule has 3 nitrogen and oxygen atoms in total. The molecular formula is C11H10Cl2O3. The molecule has 0 bridgehead atoms. The number of halogens is 2. The van der Waals surface area contributed by atoms with Gasteiger partial charge in [0.15, 0.2) is 0 Å². The molecule has 0 aliphatic rings. The minimum Gasteiger partial charge on any atom is -0.507 e. The molecule has 16 heavy (non-hydrogen) atoms. The molecule has 0 aliphatic heterocycles. The summed E-state index contributed by atoms with van der Waals surface area (Å²) in [5.74, 6) is -0.848. The Morgan fingerprint density at radius 2 is 1.94 bits per heavy atom. The molecule has 0 unspecified atom stereocenters. The minimum atomic E-state index is -0.615. The summed E-state index contributed by atoms with van der Waals surface area (Å²) in [5, 5.41) is 10.4. The zero-order chi connectivity index (χ0) is 12.1. The van der Waals surface area contributed by atoms with Gasteiger partial charge in [-0.2, -0.15) is 0 Å². The maximum absolute atomic E-state index is 11.1. The lowest BCUT2D eigenvalue weighted by Crippen LogP contribution is -2.00. The van der Waals surface area contributed by atoms with Crippen LogP contribution in [0.5, 0.6) is 0 Å². The summed E-state index contributed by atoms with van der Waals surface area (Å²) >= 11 is 11.5. The predicted molar refractivity (Wildman–Crippen MR) is 63.7 cm³/mol. The minimum absolute atomic E-state index is 0.233. The normalized spacial score (nSPS) is 11.3. The highest BCUT2D eigenvalue weighted by Crippen LogP contribution is 2.22. The van der Waals surface area contributed by atoms with Crippen molar-refractivity contribution in [3.8, 4) is 0 Å². The van der Waals surface area contributed by atoms with E-state index in [1.165, 1.54) is 18.2 Å². The van der Waals surface area contributed by atoms with Crippen molar-refractivity contribution in [1.29, 1.82) is 0 Å². The van der Waals surface area contributed by atoms with E-state index >= 15 is 0 Å². The number of esters is 1. The van der Waals surface area contributed by atoms with Crippen molar-refractivity contribution in [1.82, 2.24) is 0 Å². The molecule has 0 spiro atoms.